The van der Waals surface area contributed by atoms with E-state index in [4.69, 9.17) is 4.74 Å². The summed E-state index contributed by atoms with van der Waals surface area (Å²) in [5.74, 6) is 2.68. The Balaban J connectivity index is 1.24. The van der Waals surface area contributed by atoms with E-state index in [0.717, 1.165) is 49.3 Å². The summed E-state index contributed by atoms with van der Waals surface area (Å²) >= 11 is 0. The molecular weight excluding hydrogens is 360 g/mol. The Morgan fingerprint density at radius 1 is 1.14 bits per heavy atom. The van der Waals surface area contributed by atoms with E-state index in [-0.39, 0.29) is 0 Å². The van der Waals surface area contributed by atoms with Gasteiger partial charge in [0.05, 0.1) is 19.1 Å². The quantitative estimate of drug-likeness (QED) is 0.721. The number of fused-ring (bicyclic) bond motifs is 7. The van der Waals surface area contributed by atoms with Crippen LogP contribution in [0.4, 0.5) is 0 Å². The molecule has 0 aromatic heterocycles. The van der Waals surface area contributed by atoms with Gasteiger partial charge in [-0.05, 0) is 67.7 Å². The van der Waals surface area contributed by atoms with Gasteiger partial charge in [-0.2, -0.15) is 0 Å². The van der Waals surface area contributed by atoms with Gasteiger partial charge in [0.15, 0.2) is 0 Å². The van der Waals surface area contributed by atoms with Crippen molar-refractivity contribution in [2.75, 3.05) is 26.2 Å². The van der Waals surface area contributed by atoms with Crippen molar-refractivity contribution in [3.8, 4) is 5.75 Å². The standard InChI is InChI=1S/C25H32N2O2/c28-24(13-17-6-7-23-18(12-17)8-11-29-23)27-10-3-4-19-14-20-15-21(25(19)27)16-26-9-2-1-5-22(20)26/h6-7,12,14,20-22,25H,1-5,8-11,13,15-16H2/t20-,21+,22-,25+/m0/s1. The van der Waals surface area contributed by atoms with Crippen molar-refractivity contribution in [1.29, 1.82) is 0 Å². The van der Waals surface area contributed by atoms with Crippen LogP contribution in [-0.4, -0.2) is 54.0 Å². The van der Waals surface area contributed by atoms with Crippen molar-refractivity contribution < 1.29 is 9.53 Å². The molecule has 4 heteroatoms. The number of benzene rings is 1. The predicted molar refractivity (Wildman–Crippen MR) is 113 cm³/mol. The molecule has 6 rings (SSSR count). The van der Waals surface area contributed by atoms with Crippen LogP contribution in [0.2, 0.25) is 0 Å². The average molecular weight is 393 g/mol. The second-order valence-electron chi connectivity index (χ2n) is 9.81. The van der Waals surface area contributed by atoms with Crippen molar-refractivity contribution in [1.82, 2.24) is 9.80 Å². The molecule has 154 valence electrons. The second kappa shape index (κ2) is 7.16. The van der Waals surface area contributed by atoms with Gasteiger partial charge in [0.2, 0.25) is 5.91 Å². The summed E-state index contributed by atoms with van der Waals surface area (Å²) in [4.78, 5) is 18.4. The molecule has 2 bridgehead atoms. The number of likely N-dealkylation sites (tertiary alicyclic amines) is 1. The largest absolute Gasteiger partial charge is 0.493 e. The molecular formula is C25H32N2O2. The lowest BCUT2D eigenvalue weighted by molar-refractivity contribution is -0.135. The van der Waals surface area contributed by atoms with Crippen LogP contribution in [0.5, 0.6) is 5.75 Å². The number of ether oxygens (including phenoxy) is 1. The van der Waals surface area contributed by atoms with Gasteiger partial charge < -0.3 is 9.64 Å². The molecule has 0 spiro atoms. The number of carbonyl (C=O) groups is 1. The third-order valence-corrected chi connectivity index (χ3v) is 8.09. The zero-order valence-corrected chi connectivity index (χ0v) is 17.3. The molecule has 0 unspecified atom stereocenters. The highest BCUT2D eigenvalue weighted by Crippen LogP contribution is 2.45. The molecule has 1 amide bonds. The van der Waals surface area contributed by atoms with Gasteiger partial charge in [-0.15, -0.1) is 0 Å². The molecule has 0 radical (unpaired) electrons. The van der Waals surface area contributed by atoms with E-state index in [0.29, 0.717) is 24.3 Å². The summed E-state index contributed by atoms with van der Waals surface area (Å²) in [5, 5.41) is 0. The van der Waals surface area contributed by atoms with Crippen LogP contribution in [0.25, 0.3) is 0 Å². The maximum Gasteiger partial charge on any atom is 0.227 e. The highest BCUT2D eigenvalue weighted by atomic mass is 16.5. The number of hydrogen-bond donors (Lipinski definition) is 0. The zero-order valence-electron chi connectivity index (χ0n) is 17.3. The van der Waals surface area contributed by atoms with Crippen molar-refractivity contribution >= 4 is 5.91 Å². The van der Waals surface area contributed by atoms with Gasteiger partial charge in [-0.1, -0.05) is 30.2 Å². The Morgan fingerprint density at radius 3 is 3.07 bits per heavy atom. The van der Waals surface area contributed by atoms with Crippen LogP contribution in [0.3, 0.4) is 0 Å². The van der Waals surface area contributed by atoms with Crippen LogP contribution in [0, 0.1) is 11.8 Å². The van der Waals surface area contributed by atoms with Crippen LogP contribution in [0.1, 0.15) is 49.7 Å². The van der Waals surface area contributed by atoms with Gasteiger partial charge in [0, 0.05) is 25.6 Å². The summed E-state index contributed by atoms with van der Waals surface area (Å²) in [6.45, 7) is 4.16. The van der Waals surface area contributed by atoms with Crippen molar-refractivity contribution in [2.45, 2.75) is 63.5 Å². The van der Waals surface area contributed by atoms with E-state index in [1.54, 1.807) is 5.57 Å². The maximum absolute atomic E-state index is 13.4. The first-order valence-electron chi connectivity index (χ1n) is 11.7. The molecule has 3 fully saturated rings. The zero-order chi connectivity index (χ0) is 19.4. The fourth-order valence-electron chi connectivity index (χ4n) is 6.88. The van der Waals surface area contributed by atoms with E-state index in [2.05, 4.69) is 34.1 Å². The fourth-order valence-corrected chi connectivity index (χ4v) is 6.88. The summed E-state index contributed by atoms with van der Waals surface area (Å²) < 4.78 is 5.63. The number of piperidine rings is 3. The minimum atomic E-state index is 0.318. The topological polar surface area (TPSA) is 32.8 Å². The van der Waals surface area contributed by atoms with Gasteiger partial charge >= 0.3 is 0 Å². The summed E-state index contributed by atoms with van der Waals surface area (Å²) in [7, 11) is 0. The predicted octanol–water partition coefficient (Wildman–Crippen LogP) is 3.59. The summed E-state index contributed by atoms with van der Waals surface area (Å²) in [6, 6.07) is 7.45. The Kier molecular flexibility index (Phi) is 4.44. The Hall–Kier alpha value is -1.81. The van der Waals surface area contributed by atoms with Gasteiger partial charge in [0.1, 0.15) is 5.75 Å². The maximum atomic E-state index is 13.4. The average Bonchev–Trinajstić information content (AvgIpc) is 3.21. The van der Waals surface area contributed by atoms with Crippen LogP contribution in [0.15, 0.2) is 29.8 Å². The molecule has 0 saturated carbocycles. The number of hydrogen-bond acceptors (Lipinski definition) is 3. The fraction of sp³-hybridized carbons (Fsp3) is 0.640. The molecule has 4 heterocycles. The lowest BCUT2D eigenvalue weighted by Crippen LogP contribution is -2.60. The number of amides is 1. The Labute approximate surface area is 173 Å². The number of rotatable bonds is 2. The van der Waals surface area contributed by atoms with E-state index < -0.39 is 0 Å². The van der Waals surface area contributed by atoms with Crippen LogP contribution >= 0.6 is 0 Å². The Morgan fingerprint density at radius 2 is 2.10 bits per heavy atom. The minimum Gasteiger partial charge on any atom is -0.493 e. The lowest BCUT2D eigenvalue weighted by Gasteiger charge is -2.54. The van der Waals surface area contributed by atoms with E-state index in [1.165, 1.54) is 50.8 Å². The molecule has 5 aliphatic rings. The summed E-state index contributed by atoms with van der Waals surface area (Å²) in [5.41, 5.74) is 3.99. The molecule has 3 saturated heterocycles. The first-order chi connectivity index (χ1) is 14.3. The smallest absolute Gasteiger partial charge is 0.227 e. The monoisotopic (exact) mass is 392 g/mol. The molecule has 29 heavy (non-hydrogen) atoms. The third kappa shape index (κ3) is 3.11. The van der Waals surface area contributed by atoms with E-state index >= 15 is 0 Å². The SMILES string of the molecule is O=C(Cc1ccc2c(c1)CCO2)N1CCCC2=C[C@H]3C[C@H](CN4CCCC[C@@H]34)[C@@H]21. The van der Waals surface area contributed by atoms with Crippen LogP contribution in [-0.2, 0) is 17.6 Å². The number of carbonyl (C=O) groups excluding carboxylic acids is 1. The summed E-state index contributed by atoms with van der Waals surface area (Å²) in [6.07, 6.45) is 11.8. The third-order valence-electron chi connectivity index (χ3n) is 8.09. The molecule has 1 aromatic rings. The highest BCUT2D eigenvalue weighted by molar-refractivity contribution is 5.80. The number of nitrogens with zero attached hydrogens (tertiary/aromatic N) is 2. The molecule has 1 aliphatic carbocycles. The molecule has 4 aliphatic heterocycles. The first kappa shape index (κ1) is 18.0. The Bertz CT molecular complexity index is 847. The van der Waals surface area contributed by atoms with Crippen molar-refractivity contribution in [2.24, 2.45) is 11.8 Å². The molecule has 4 nitrogen and oxygen atoms in total. The highest BCUT2D eigenvalue weighted by Gasteiger charge is 2.46. The van der Waals surface area contributed by atoms with Gasteiger partial charge in [-0.25, -0.2) is 0 Å². The van der Waals surface area contributed by atoms with E-state index in [1.807, 2.05) is 0 Å². The van der Waals surface area contributed by atoms with Crippen LogP contribution < -0.4 is 4.74 Å². The van der Waals surface area contributed by atoms with Crippen molar-refractivity contribution in [3.05, 3.63) is 41.0 Å². The van der Waals surface area contributed by atoms with Gasteiger partial charge in [-0.3, -0.25) is 9.69 Å². The minimum absolute atomic E-state index is 0.318. The molecule has 4 atom stereocenters. The van der Waals surface area contributed by atoms with Crippen molar-refractivity contribution in [3.63, 3.8) is 0 Å². The normalized spacial score (nSPS) is 33.2. The van der Waals surface area contributed by atoms with Gasteiger partial charge in [0.25, 0.3) is 0 Å². The second-order valence-corrected chi connectivity index (χ2v) is 9.81. The molecule has 1 aromatic carbocycles. The van der Waals surface area contributed by atoms with E-state index in [9.17, 15) is 4.79 Å². The first-order valence-corrected chi connectivity index (χ1v) is 11.7. The lowest BCUT2D eigenvalue weighted by atomic mass is 9.68. The molecule has 0 N–H and O–H groups in total.